The molecule has 2 amide bonds. The molecule has 0 unspecified atom stereocenters. The lowest BCUT2D eigenvalue weighted by molar-refractivity contribution is -0.138. The monoisotopic (exact) mass is 1530 g/mol. The number of thioether (sulfide) groups is 2. The summed E-state index contributed by atoms with van der Waals surface area (Å²) in [5.74, 6) is -13.3. The minimum atomic E-state index is -5.54. The zero-order chi connectivity index (χ0) is 115. The number of hydrogen-bond acceptors (Lipinski definition) is 10. The van der Waals surface area contributed by atoms with Crippen LogP contribution in [0.15, 0.2) is 207 Å². The Bertz CT molecular complexity index is 7130. The Morgan fingerprint density at radius 2 is 1.10 bits per heavy atom. The molecule has 2 aliphatic heterocycles. The van der Waals surface area contributed by atoms with Gasteiger partial charge in [0.25, 0.3) is 0 Å². The number of fused-ring (bicyclic) bond motifs is 2. The number of halogens is 10. The molecule has 4 heterocycles. The van der Waals surface area contributed by atoms with E-state index < -0.39 is 351 Å². The van der Waals surface area contributed by atoms with Gasteiger partial charge in [-0.3, -0.25) is 19.2 Å². The third kappa shape index (κ3) is 19.3. The zero-order valence-corrected chi connectivity index (χ0v) is 55.4. The zero-order valence-electron chi connectivity index (χ0n) is 98.8. The number of methoxy groups -OCH3 is 2. The second kappa shape index (κ2) is 34.9. The molecule has 550 valence electrons. The van der Waals surface area contributed by atoms with E-state index in [0.29, 0.717) is 30.5 Å². The van der Waals surface area contributed by atoms with Gasteiger partial charge in [-0.2, -0.15) is 26.3 Å². The Hall–Kier alpha value is -9.04. The maximum absolute atomic E-state index is 16.0. The van der Waals surface area contributed by atoms with Crippen molar-refractivity contribution in [2.24, 2.45) is 0 Å². The Labute approximate surface area is 673 Å². The molecule has 12 nitrogen and oxygen atoms in total. The lowest BCUT2D eigenvalue weighted by atomic mass is 9.97. The van der Waals surface area contributed by atoms with Crippen molar-refractivity contribution < 1.29 is 125 Å². The molecular weight excluding hydrogens is 1410 g/mol. The molecule has 24 heteroatoms. The molecule has 0 atom stereocenters. The lowest BCUT2D eigenvalue weighted by Crippen LogP contribution is -2.48. The molecule has 2 aliphatic rings. The quantitative estimate of drug-likeness (QED) is 0.0428. The molecule has 12 rings (SSSR count). The summed E-state index contributed by atoms with van der Waals surface area (Å²) in [6.07, 6.45) is -28.8. The molecule has 0 N–H and O–H groups in total. The van der Waals surface area contributed by atoms with Crippen LogP contribution in [0.5, 0.6) is 0 Å². The second-order valence-electron chi connectivity index (χ2n) is 21.3. The first-order valence-corrected chi connectivity index (χ1v) is 31.8. The van der Waals surface area contributed by atoms with Crippen LogP contribution in [-0.2, 0) is 69.0 Å². The standard InChI is InChI=1S/C41H40F5N3O3S.C40H38F5N3O3S/c1-27-22-29(28-12-14-32(15-13-28)41(44,45)46)10-11-30(27)24-48(33-16-18-47(19-17-33)20-21-52-2)38(51)25-49-36-9-4-3-7-34(36)37(50)23-39(49)53-26-31-6-5-8-35(42)40(31)43;1-51-22-21-46-19-17-32(18-20-46)47(24-27-9-11-28(12-10-27)29-13-15-31(16-14-29)40(43,44)45)37(50)25-48-35-8-3-2-6-33(35)36(49)23-38(48)52-26-30-5-4-7-34(41)39(30)42/h3-15,22-23,33H,16-21,24-26H2,1-2H3;2-16,23,32H,17-22,24-26H2,1H3/i3D,4D,5D,6D,7D,8D,9D,10D,11D,12D,13D,14D,15D,16D2,17D2,18D2,19D2,20D2,21D2,22D,23D,25D2,33D;17D2,18D2,19D2,20D2,21D2,22D2,25D2,32D. The predicted octanol–water partition coefficient (Wildman–Crippen LogP) is 17.1. The average molecular weight is 1530 g/mol. The van der Waals surface area contributed by atoms with Gasteiger partial charge in [-0.05, 0) is 132 Å². The molecule has 0 radical (unpaired) electrons. The number of carbonyl (C=O) groups is 2. The number of piperidine rings is 2. The number of nitrogens with zero attached hydrogens (tertiary/aromatic N) is 6. The molecular formula is C81H78F10N6O6S2. The Morgan fingerprint density at radius 3 is 1.71 bits per heavy atom. The van der Waals surface area contributed by atoms with Crippen LogP contribution in [0.2, 0.25) is 0 Å². The van der Waals surface area contributed by atoms with Crippen LogP contribution in [-0.4, -0.2) is 119 Å². The first-order valence-electron chi connectivity index (χ1n) is 52.3. The van der Waals surface area contributed by atoms with Crippen molar-refractivity contribution in [1.82, 2.24) is 28.7 Å². The molecule has 0 aliphatic carbocycles. The molecule has 10 aromatic rings. The summed E-state index contributed by atoms with van der Waals surface area (Å²) in [6, 6.07) is -13.3. The highest BCUT2D eigenvalue weighted by Gasteiger charge is 2.34. The average Bonchev–Trinajstić information content (AvgIpc) is 0.657. The summed E-state index contributed by atoms with van der Waals surface area (Å²) < 4.78 is 549. The van der Waals surface area contributed by atoms with Crippen molar-refractivity contribution in [1.29, 1.82) is 0 Å². The Kier molecular flexibility index (Phi) is 12.6. The third-order valence-corrected chi connectivity index (χ3v) is 16.6. The van der Waals surface area contributed by atoms with Crippen LogP contribution < -0.4 is 10.9 Å². The normalized spacial score (nSPS) is 25.7. The molecule has 0 spiro atoms. The van der Waals surface area contributed by atoms with Gasteiger partial charge >= 0.3 is 12.4 Å². The number of likely N-dealkylation sites (tertiary alicyclic amines) is 2. The fraction of sp³-hybridized carbons (Fsp3) is 0.309. The van der Waals surface area contributed by atoms with Gasteiger partial charge in [0.15, 0.2) is 34.1 Å². The van der Waals surface area contributed by atoms with Gasteiger partial charge in [-0.15, -0.1) is 23.5 Å². The fourth-order valence-corrected chi connectivity index (χ4v) is 11.3. The highest BCUT2D eigenvalue weighted by atomic mass is 32.2. The van der Waals surface area contributed by atoms with E-state index in [9.17, 15) is 68.3 Å². The molecule has 2 aromatic heterocycles. The number of rotatable bonds is 24. The molecule has 2 fully saturated rings. The maximum atomic E-state index is 16.0. The number of amides is 2. The molecule has 0 bridgehead atoms. The SMILES string of the molecule is [2H]C([2H])(C(=O)N(Cc1ccc(-c2ccc(C(F)(F)F)cc2)cc1)C1([2H])C([2H])([2H])C([2H])([2H])N(C([2H])([2H])C([2H])([2H])OC)C([2H])([2H])C1([2H])[2H])n1c(SCc2cccc(F)c2F)cc(=O)c2ccccc21.[2H]c1c([2H])c(F)c(F)c(CSc2c([2H])c(=O)c3c([2H])c([2H])c([2H])c([2H])c3n2C([2H])([2H])C(=O)N(Cc2c([2H])c([2H])c(-c3c([2H])c([2H])c(C(F)(F)F)c([2H])c3[2H])c([2H])c2C)C2([2H])C([2H])([2H])C([2H])([2H])N(C([2H])([2H])C([2H])([2H])OC)C([2H])([2H])C2([2H])[2H])c1[2H]. The van der Waals surface area contributed by atoms with Gasteiger partial charge in [-0.1, -0.05) is 115 Å². The van der Waals surface area contributed by atoms with E-state index >= 15 is 14.0 Å². The third-order valence-electron chi connectivity index (χ3n) is 14.6. The molecule has 105 heavy (non-hydrogen) atoms. The number of benzene rings is 8. The highest BCUT2D eigenvalue weighted by molar-refractivity contribution is 7.98. The summed E-state index contributed by atoms with van der Waals surface area (Å²) in [6.45, 7) is -45.4. The molecule has 0 saturated carbocycles. The van der Waals surface area contributed by atoms with E-state index in [1.807, 2.05) is 0 Å². The second-order valence-corrected chi connectivity index (χ2v) is 23.3. The van der Waals surface area contributed by atoms with E-state index in [-0.39, 0.29) is 54.4 Å². The van der Waals surface area contributed by atoms with Crippen LogP contribution in [0.4, 0.5) is 43.9 Å². The summed E-state index contributed by atoms with van der Waals surface area (Å²) in [5, 5.41) is -3.46. The predicted molar refractivity (Wildman–Crippen MR) is 391 cm³/mol. The Morgan fingerprint density at radius 1 is 0.543 bits per heavy atom. The van der Waals surface area contributed by atoms with E-state index in [4.69, 9.17) is 42.5 Å². The summed E-state index contributed by atoms with van der Waals surface area (Å²) in [4.78, 5) is 56.2. The van der Waals surface area contributed by atoms with Crippen LogP contribution in [0.3, 0.4) is 0 Å². The van der Waals surface area contributed by atoms with Crippen molar-refractivity contribution in [3.05, 3.63) is 270 Å². The van der Waals surface area contributed by atoms with Gasteiger partial charge in [0.05, 0.1) is 79.6 Å². The number of para-hydroxylation sites is 2. The first-order chi connectivity index (χ1) is 68.0. The smallest absolute Gasteiger partial charge is 0.383 e. The van der Waals surface area contributed by atoms with E-state index in [0.717, 1.165) is 43.3 Å². The highest BCUT2D eigenvalue weighted by Crippen LogP contribution is 2.36. The Balaban J connectivity index is 0.000000291. The van der Waals surface area contributed by atoms with Crippen LogP contribution >= 0.6 is 23.5 Å². The van der Waals surface area contributed by atoms with Crippen LogP contribution in [0.25, 0.3) is 44.1 Å². The van der Waals surface area contributed by atoms with Crippen molar-refractivity contribution >= 4 is 57.1 Å². The van der Waals surface area contributed by atoms with Gasteiger partial charge in [-0.25, -0.2) is 17.6 Å². The summed E-state index contributed by atoms with van der Waals surface area (Å²) >= 11 is 0.306. The number of pyridine rings is 2. The minimum absolute atomic E-state index is 0.138. The number of hydrogen-bond donors (Lipinski definition) is 0. The van der Waals surface area contributed by atoms with Crippen molar-refractivity contribution in [3.63, 3.8) is 0 Å². The minimum Gasteiger partial charge on any atom is -0.383 e. The van der Waals surface area contributed by atoms with Crippen LogP contribution in [0.1, 0.15) is 126 Å². The summed E-state index contributed by atoms with van der Waals surface area (Å²) in [7, 11) is 1.07. The topological polar surface area (TPSA) is 110 Å². The van der Waals surface area contributed by atoms with E-state index in [2.05, 4.69) is 9.47 Å². The summed E-state index contributed by atoms with van der Waals surface area (Å²) in [5.41, 5.74) is -13.1. The largest absolute Gasteiger partial charge is 0.416 e. The first kappa shape index (κ1) is 38.0. The number of ether oxygens (including phenoxy) is 2. The van der Waals surface area contributed by atoms with Crippen molar-refractivity contribution in [2.75, 3.05) is 66.3 Å². The van der Waals surface area contributed by atoms with Crippen LogP contribution in [0, 0.1) is 30.2 Å². The molecule has 8 aromatic carbocycles. The van der Waals surface area contributed by atoms with Gasteiger partial charge in [0.1, 0.15) is 13.0 Å². The lowest BCUT2D eigenvalue weighted by Gasteiger charge is -2.39. The van der Waals surface area contributed by atoms with Crippen molar-refractivity contribution in [3.8, 4) is 22.3 Å². The van der Waals surface area contributed by atoms with Gasteiger partial charge in [0, 0.05) is 151 Å². The van der Waals surface area contributed by atoms with E-state index in [1.54, 1.807) is 0 Å². The number of carbonyl (C=O) groups excluding carboxylic acids is 2. The molecule has 2 saturated heterocycles. The van der Waals surface area contributed by atoms with Gasteiger partial charge < -0.3 is 38.2 Å². The fourth-order valence-electron chi connectivity index (χ4n) is 9.41. The van der Waals surface area contributed by atoms with E-state index in [1.165, 1.54) is 60.7 Å². The number of alkyl halides is 6. The maximum Gasteiger partial charge on any atom is 0.416 e. The number of aromatic nitrogens is 2. The van der Waals surface area contributed by atoms with Gasteiger partial charge in [0.2, 0.25) is 11.8 Å². The van der Waals surface area contributed by atoms with Crippen molar-refractivity contribution in [2.45, 2.75) is 104 Å².